The molecular formula is C21H18N2O3S2. The highest BCUT2D eigenvalue weighted by Crippen LogP contribution is 2.30. The molecule has 28 heavy (non-hydrogen) atoms. The Morgan fingerprint density at radius 3 is 2.79 bits per heavy atom. The molecule has 5 nitrogen and oxygen atoms in total. The van der Waals surface area contributed by atoms with Crippen molar-refractivity contribution < 1.29 is 14.3 Å². The minimum Gasteiger partial charge on any atom is -0.497 e. The summed E-state index contributed by atoms with van der Waals surface area (Å²) in [5.41, 5.74) is 2.08. The van der Waals surface area contributed by atoms with E-state index in [0.29, 0.717) is 22.4 Å². The second-order valence-electron chi connectivity index (χ2n) is 6.17. The fourth-order valence-electron chi connectivity index (χ4n) is 3.09. The smallest absolute Gasteiger partial charge is 0.263 e. The molecule has 1 aliphatic rings. The third kappa shape index (κ3) is 3.90. The summed E-state index contributed by atoms with van der Waals surface area (Å²) in [6.45, 7) is 1.19. The lowest BCUT2D eigenvalue weighted by Crippen LogP contribution is -2.17. The third-order valence-corrected chi connectivity index (χ3v) is 5.55. The minimum absolute atomic E-state index is 0.145. The minimum atomic E-state index is -0.145. The Kier molecular flexibility index (Phi) is 5.36. The number of nitrogens with zero attached hydrogens (tertiary/aromatic N) is 1. The van der Waals surface area contributed by atoms with Crippen molar-refractivity contribution in [3.8, 4) is 11.5 Å². The molecule has 0 aliphatic carbocycles. The number of nitrogens with one attached hydrogen (secondary N) is 1. The molecule has 0 bridgehead atoms. The Labute approximate surface area is 172 Å². The van der Waals surface area contributed by atoms with Crippen molar-refractivity contribution in [2.45, 2.75) is 6.54 Å². The highest BCUT2D eigenvalue weighted by molar-refractivity contribution is 8.26. The predicted octanol–water partition coefficient (Wildman–Crippen LogP) is 4.22. The Bertz CT molecular complexity index is 1090. The van der Waals surface area contributed by atoms with E-state index in [1.165, 1.54) is 11.8 Å². The second-order valence-corrected chi connectivity index (χ2v) is 7.89. The Morgan fingerprint density at radius 2 is 2.00 bits per heavy atom. The highest BCUT2D eigenvalue weighted by atomic mass is 32.2. The highest BCUT2D eigenvalue weighted by Gasteiger charge is 2.22. The molecule has 0 unspecified atom stereocenters. The van der Waals surface area contributed by atoms with Gasteiger partial charge in [0.2, 0.25) is 0 Å². The lowest BCUT2D eigenvalue weighted by Gasteiger charge is -2.09. The number of hydrogen-bond donors (Lipinski definition) is 1. The summed E-state index contributed by atoms with van der Waals surface area (Å²) in [6, 6.07) is 15.7. The van der Waals surface area contributed by atoms with Crippen LogP contribution in [-0.4, -0.2) is 28.5 Å². The molecule has 1 fully saturated rings. The zero-order chi connectivity index (χ0) is 19.5. The van der Waals surface area contributed by atoms with Crippen LogP contribution >= 0.6 is 24.0 Å². The summed E-state index contributed by atoms with van der Waals surface area (Å²) in [5.74, 6) is 1.39. The van der Waals surface area contributed by atoms with Crippen LogP contribution in [-0.2, 0) is 11.3 Å². The second kappa shape index (κ2) is 8.08. The molecule has 142 valence electrons. The van der Waals surface area contributed by atoms with E-state index < -0.39 is 0 Å². The predicted molar refractivity (Wildman–Crippen MR) is 117 cm³/mol. The van der Waals surface area contributed by atoms with Gasteiger partial charge >= 0.3 is 0 Å². The molecule has 1 saturated heterocycles. The Balaban J connectivity index is 1.55. The standard InChI is InChI=1S/C21H18N2O3S2/c1-25-15-5-4-6-16(12-15)26-10-9-23-13-14(17-7-2-3-8-18(17)23)11-19-20(24)22-21(27)28-19/h2-8,11-13H,9-10H2,1H3,(H,22,24,27)/b19-11-. The lowest BCUT2D eigenvalue weighted by molar-refractivity contribution is -0.115. The van der Waals surface area contributed by atoms with E-state index in [4.69, 9.17) is 21.7 Å². The average molecular weight is 411 g/mol. The van der Waals surface area contributed by atoms with Crippen molar-refractivity contribution >= 4 is 51.2 Å². The van der Waals surface area contributed by atoms with Gasteiger partial charge in [-0.2, -0.15) is 0 Å². The number of methoxy groups -OCH3 is 1. The number of ether oxygens (including phenoxy) is 2. The number of hydrogen-bond acceptors (Lipinski definition) is 5. The van der Waals surface area contributed by atoms with E-state index in [9.17, 15) is 4.79 Å². The van der Waals surface area contributed by atoms with Gasteiger partial charge in [0.25, 0.3) is 5.91 Å². The largest absolute Gasteiger partial charge is 0.497 e. The lowest BCUT2D eigenvalue weighted by atomic mass is 10.1. The fraction of sp³-hybridized carbons (Fsp3) is 0.143. The van der Waals surface area contributed by atoms with Gasteiger partial charge in [-0.05, 0) is 24.3 Å². The monoisotopic (exact) mass is 410 g/mol. The molecule has 0 saturated carbocycles. The van der Waals surface area contributed by atoms with Gasteiger partial charge in [0.1, 0.15) is 22.4 Å². The van der Waals surface area contributed by atoms with Crippen LogP contribution in [0.2, 0.25) is 0 Å². The van der Waals surface area contributed by atoms with Gasteiger partial charge < -0.3 is 19.4 Å². The summed E-state index contributed by atoms with van der Waals surface area (Å²) in [4.78, 5) is 12.6. The van der Waals surface area contributed by atoms with Crippen molar-refractivity contribution in [1.29, 1.82) is 0 Å². The number of thiocarbonyl (C=S) groups is 1. The summed E-state index contributed by atoms with van der Waals surface area (Å²) in [7, 11) is 1.64. The van der Waals surface area contributed by atoms with Crippen LogP contribution < -0.4 is 14.8 Å². The maximum Gasteiger partial charge on any atom is 0.263 e. The van der Waals surface area contributed by atoms with Gasteiger partial charge in [0, 0.05) is 28.7 Å². The number of benzene rings is 2. The summed E-state index contributed by atoms with van der Waals surface area (Å²) < 4.78 is 13.7. The first kappa shape index (κ1) is 18.6. The van der Waals surface area contributed by atoms with Gasteiger partial charge in [-0.3, -0.25) is 4.79 Å². The van der Waals surface area contributed by atoms with Crippen LogP contribution in [0.15, 0.2) is 59.6 Å². The number of aromatic nitrogens is 1. The van der Waals surface area contributed by atoms with Crippen LogP contribution in [0.5, 0.6) is 11.5 Å². The number of para-hydroxylation sites is 1. The molecule has 7 heteroatoms. The van der Waals surface area contributed by atoms with Gasteiger partial charge in [-0.25, -0.2) is 0 Å². The number of rotatable bonds is 6. The molecule has 4 rings (SSSR count). The molecule has 1 aliphatic heterocycles. The van der Waals surface area contributed by atoms with Gasteiger partial charge in [-0.1, -0.05) is 48.2 Å². The zero-order valence-corrected chi connectivity index (χ0v) is 16.8. The number of fused-ring (bicyclic) bond motifs is 1. The summed E-state index contributed by atoms with van der Waals surface area (Å²) in [5, 5.41) is 3.74. The normalized spacial score (nSPS) is 15.2. The van der Waals surface area contributed by atoms with E-state index in [2.05, 4.69) is 22.0 Å². The fourth-order valence-corrected chi connectivity index (χ4v) is 4.13. The van der Waals surface area contributed by atoms with Crippen molar-refractivity contribution in [2.24, 2.45) is 0 Å². The van der Waals surface area contributed by atoms with Gasteiger partial charge in [-0.15, -0.1) is 0 Å². The van der Waals surface area contributed by atoms with Crippen LogP contribution in [0.25, 0.3) is 17.0 Å². The maximum absolute atomic E-state index is 12.0. The third-order valence-electron chi connectivity index (χ3n) is 4.39. The van der Waals surface area contributed by atoms with Gasteiger partial charge in [0.15, 0.2) is 0 Å². The van der Waals surface area contributed by atoms with Crippen LogP contribution in [0.3, 0.4) is 0 Å². The number of amides is 1. The SMILES string of the molecule is COc1cccc(OCCn2cc(/C=C3\SC(=S)NC3=O)c3ccccc32)c1. The van der Waals surface area contributed by atoms with E-state index in [0.717, 1.165) is 28.0 Å². The molecule has 1 aromatic heterocycles. The van der Waals surface area contributed by atoms with Crippen LogP contribution in [0.4, 0.5) is 0 Å². The maximum atomic E-state index is 12.0. The van der Waals surface area contributed by atoms with E-state index in [1.54, 1.807) is 7.11 Å². The first-order valence-corrected chi connectivity index (χ1v) is 9.96. The quantitative estimate of drug-likeness (QED) is 0.487. The van der Waals surface area contributed by atoms with Crippen molar-refractivity contribution in [3.05, 3.63) is 65.2 Å². The van der Waals surface area contributed by atoms with Crippen molar-refractivity contribution in [2.75, 3.05) is 13.7 Å². The molecular weight excluding hydrogens is 392 g/mol. The first-order valence-electron chi connectivity index (χ1n) is 8.73. The molecule has 2 heterocycles. The molecule has 1 N–H and O–H groups in total. The number of carbonyl (C=O) groups is 1. The molecule has 0 radical (unpaired) electrons. The molecule has 1 amide bonds. The van der Waals surface area contributed by atoms with Crippen LogP contribution in [0.1, 0.15) is 5.56 Å². The number of thioether (sulfide) groups is 1. The summed E-state index contributed by atoms with van der Waals surface area (Å²) >= 11 is 6.36. The summed E-state index contributed by atoms with van der Waals surface area (Å²) in [6.07, 6.45) is 3.93. The molecule has 2 aromatic carbocycles. The average Bonchev–Trinajstić information content (AvgIpc) is 3.21. The van der Waals surface area contributed by atoms with E-state index in [-0.39, 0.29) is 5.91 Å². The molecule has 3 aromatic rings. The van der Waals surface area contributed by atoms with Crippen molar-refractivity contribution in [3.63, 3.8) is 0 Å². The van der Waals surface area contributed by atoms with Crippen molar-refractivity contribution in [1.82, 2.24) is 9.88 Å². The van der Waals surface area contributed by atoms with E-state index >= 15 is 0 Å². The molecule has 0 atom stereocenters. The molecule has 0 spiro atoms. The Morgan fingerprint density at radius 1 is 1.18 bits per heavy atom. The topological polar surface area (TPSA) is 52.5 Å². The van der Waals surface area contributed by atoms with Gasteiger partial charge in [0.05, 0.1) is 18.6 Å². The number of carbonyl (C=O) groups excluding carboxylic acids is 1. The Hall–Kier alpha value is -2.77. The van der Waals surface area contributed by atoms with E-state index in [1.807, 2.05) is 48.7 Å². The first-order chi connectivity index (χ1) is 13.6. The van der Waals surface area contributed by atoms with Crippen LogP contribution in [0, 0.1) is 0 Å². The zero-order valence-electron chi connectivity index (χ0n) is 15.2.